The van der Waals surface area contributed by atoms with Gasteiger partial charge in [0.05, 0.1) is 0 Å². The van der Waals surface area contributed by atoms with Gasteiger partial charge in [0.15, 0.2) is 0 Å². The Balaban J connectivity index is 1.98. The quantitative estimate of drug-likeness (QED) is 0.843. The van der Waals surface area contributed by atoms with Crippen molar-refractivity contribution in [3.05, 3.63) is 34.3 Å². The highest BCUT2D eigenvalue weighted by molar-refractivity contribution is 9.10. The van der Waals surface area contributed by atoms with Gasteiger partial charge in [0.2, 0.25) is 0 Å². The minimum absolute atomic E-state index is 0.120. The van der Waals surface area contributed by atoms with Gasteiger partial charge in [-0.3, -0.25) is 4.79 Å². The van der Waals surface area contributed by atoms with Crippen LogP contribution in [0.1, 0.15) is 37.0 Å². The fourth-order valence-corrected chi connectivity index (χ4v) is 3.18. The Kier molecular flexibility index (Phi) is 5.22. The van der Waals surface area contributed by atoms with Gasteiger partial charge in [-0.15, -0.1) is 0 Å². The number of rotatable bonds is 3. The summed E-state index contributed by atoms with van der Waals surface area (Å²) in [6.45, 7) is 6.63. The van der Waals surface area contributed by atoms with Crippen LogP contribution in [0.15, 0.2) is 28.7 Å². The van der Waals surface area contributed by atoms with Crippen LogP contribution in [-0.4, -0.2) is 47.9 Å². The molecule has 1 fully saturated rings. The van der Waals surface area contributed by atoms with Gasteiger partial charge in [-0.2, -0.15) is 0 Å². The number of likely N-dealkylation sites (tertiary alicyclic amines) is 1. The molecule has 1 heterocycles. The molecule has 1 aliphatic heterocycles. The summed E-state index contributed by atoms with van der Waals surface area (Å²) in [6, 6.07) is 8.58. The molecule has 20 heavy (non-hydrogen) atoms. The molecule has 0 atom stereocenters. The average molecular weight is 339 g/mol. The minimum Gasteiger partial charge on any atom is -0.339 e. The van der Waals surface area contributed by atoms with E-state index in [1.54, 1.807) is 0 Å². The number of amides is 1. The van der Waals surface area contributed by atoms with Crippen molar-refractivity contribution in [2.75, 3.05) is 20.1 Å². The third kappa shape index (κ3) is 3.61. The molecule has 0 unspecified atom stereocenters. The smallest absolute Gasteiger partial charge is 0.253 e. The number of hydrogen-bond donors (Lipinski definition) is 0. The molecule has 1 aliphatic rings. The lowest BCUT2D eigenvalue weighted by molar-refractivity contribution is 0.0615. The van der Waals surface area contributed by atoms with Crippen molar-refractivity contribution < 1.29 is 4.79 Å². The summed E-state index contributed by atoms with van der Waals surface area (Å²) in [4.78, 5) is 16.9. The van der Waals surface area contributed by atoms with Gasteiger partial charge in [-0.1, -0.05) is 22.0 Å². The van der Waals surface area contributed by atoms with Crippen molar-refractivity contribution in [1.82, 2.24) is 9.80 Å². The highest BCUT2D eigenvalue weighted by Gasteiger charge is 2.26. The van der Waals surface area contributed by atoms with E-state index in [0.717, 1.165) is 36.0 Å². The largest absolute Gasteiger partial charge is 0.339 e. The summed E-state index contributed by atoms with van der Waals surface area (Å²) in [5.74, 6) is 0.120. The summed E-state index contributed by atoms with van der Waals surface area (Å²) in [5, 5.41) is 0. The van der Waals surface area contributed by atoms with Crippen molar-refractivity contribution in [2.45, 2.75) is 38.8 Å². The Hall–Kier alpha value is -0.870. The Morgan fingerprint density at radius 2 is 2.00 bits per heavy atom. The molecule has 4 heteroatoms. The molecule has 0 aromatic heterocycles. The van der Waals surface area contributed by atoms with E-state index in [4.69, 9.17) is 0 Å². The highest BCUT2D eigenvalue weighted by atomic mass is 79.9. The number of nitrogens with zero attached hydrogens (tertiary/aromatic N) is 2. The van der Waals surface area contributed by atoms with Gasteiger partial charge in [0.25, 0.3) is 5.91 Å². The molecule has 1 saturated heterocycles. The number of piperidine rings is 1. The van der Waals surface area contributed by atoms with Crippen LogP contribution in [0.2, 0.25) is 0 Å². The van der Waals surface area contributed by atoms with E-state index in [9.17, 15) is 4.79 Å². The predicted molar refractivity (Wildman–Crippen MR) is 86.0 cm³/mol. The van der Waals surface area contributed by atoms with Crippen molar-refractivity contribution in [3.8, 4) is 0 Å². The zero-order chi connectivity index (χ0) is 14.7. The fourth-order valence-electron chi connectivity index (χ4n) is 2.78. The number of carbonyl (C=O) groups is 1. The molecule has 0 saturated carbocycles. The lowest BCUT2D eigenvalue weighted by atomic mass is 10.0. The molecule has 1 aromatic carbocycles. The Morgan fingerprint density at radius 1 is 1.35 bits per heavy atom. The van der Waals surface area contributed by atoms with Gasteiger partial charge in [-0.05, 0) is 44.9 Å². The van der Waals surface area contributed by atoms with E-state index in [-0.39, 0.29) is 5.91 Å². The molecule has 1 aromatic rings. The third-order valence-corrected chi connectivity index (χ3v) is 4.66. The van der Waals surface area contributed by atoms with Crippen LogP contribution in [0.3, 0.4) is 0 Å². The first kappa shape index (κ1) is 15.5. The van der Waals surface area contributed by atoms with Crippen molar-refractivity contribution >= 4 is 21.8 Å². The van der Waals surface area contributed by atoms with Crippen LogP contribution >= 0.6 is 15.9 Å². The summed E-state index contributed by atoms with van der Waals surface area (Å²) < 4.78 is 0.950. The van der Waals surface area contributed by atoms with Crippen LogP contribution in [0.25, 0.3) is 0 Å². The SMILES string of the molecule is CC(C)N1CCC(N(C)C(=O)c2cccc(Br)c2)CC1. The summed E-state index contributed by atoms with van der Waals surface area (Å²) in [6.07, 6.45) is 2.13. The van der Waals surface area contributed by atoms with E-state index in [2.05, 4.69) is 34.7 Å². The molecule has 1 amide bonds. The van der Waals surface area contributed by atoms with Crippen LogP contribution in [0.5, 0.6) is 0 Å². The van der Waals surface area contributed by atoms with Crippen LogP contribution < -0.4 is 0 Å². The van der Waals surface area contributed by atoms with Gasteiger partial charge >= 0.3 is 0 Å². The second-order valence-corrected chi connectivity index (χ2v) is 6.70. The zero-order valence-electron chi connectivity index (χ0n) is 12.5. The summed E-state index contributed by atoms with van der Waals surface area (Å²) in [7, 11) is 1.93. The molecule has 3 nitrogen and oxygen atoms in total. The fraction of sp³-hybridized carbons (Fsp3) is 0.562. The standard InChI is InChI=1S/C16H23BrN2O/c1-12(2)19-9-7-15(8-10-19)18(3)16(20)13-5-4-6-14(17)11-13/h4-6,11-12,15H,7-10H2,1-3H3. The van der Waals surface area contributed by atoms with Crippen LogP contribution in [-0.2, 0) is 0 Å². The predicted octanol–water partition coefficient (Wildman–Crippen LogP) is 3.39. The molecular weight excluding hydrogens is 316 g/mol. The van der Waals surface area contributed by atoms with E-state index in [1.165, 1.54) is 0 Å². The topological polar surface area (TPSA) is 23.6 Å². The number of hydrogen-bond acceptors (Lipinski definition) is 2. The maximum atomic E-state index is 12.5. The normalized spacial score (nSPS) is 17.4. The maximum Gasteiger partial charge on any atom is 0.253 e. The summed E-state index contributed by atoms with van der Waals surface area (Å²) >= 11 is 3.42. The maximum absolute atomic E-state index is 12.5. The van der Waals surface area contributed by atoms with Crippen molar-refractivity contribution in [2.24, 2.45) is 0 Å². The number of benzene rings is 1. The lowest BCUT2D eigenvalue weighted by Gasteiger charge is -2.38. The van der Waals surface area contributed by atoms with Crippen LogP contribution in [0, 0.1) is 0 Å². The average Bonchev–Trinajstić information content (AvgIpc) is 2.46. The first-order valence-electron chi connectivity index (χ1n) is 7.26. The molecule has 0 N–H and O–H groups in total. The monoisotopic (exact) mass is 338 g/mol. The lowest BCUT2D eigenvalue weighted by Crippen LogP contribution is -2.47. The molecule has 0 spiro atoms. The van der Waals surface area contributed by atoms with E-state index in [0.29, 0.717) is 12.1 Å². The second kappa shape index (κ2) is 6.72. The van der Waals surface area contributed by atoms with Crippen LogP contribution in [0.4, 0.5) is 0 Å². The van der Waals surface area contributed by atoms with Gasteiger partial charge in [0, 0.05) is 42.3 Å². The Bertz CT molecular complexity index is 467. The summed E-state index contributed by atoms with van der Waals surface area (Å²) in [5.41, 5.74) is 0.758. The van der Waals surface area contributed by atoms with Gasteiger partial charge in [-0.25, -0.2) is 0 Å². The number of halogens is 1. The van der Waals surface area contributed by atoms with Crippen molar-refractivity contribution in [1.29, 1.82) is 0 Å². The van der Waals surface area contributed by atoms with E-state index in [1.807, 2.05) is 36.2 Å². The Morgan fingerprint density at radius 3 is 2.55 bits per heavy atom. The zero-order valence-corrected chi connectivity index (χ0v) is 14.1. The first-order chi connectivity index (χ1) is 9.49. The molecule has 2 rings (SSSR count). The second-order valence-electron chi connectivity index (χ2n) is 5.79. The molecular formula is C16H23BrN2O. The minimum atomic E-state index is 0.120. The molecule has 0 aliphatic carbocycles. The molecule has 0 radical (unpaired) electrons. The molecule has 0 bridgehead atoms. The Labute approximate surface area is 130 Å². The van der Waals surface area contributed by atoms with E-state index >= 15 is 0 Å². The third-order valence-electron chi connectivity index (χ3n) is 4.17. The van der Waals surface area contributed by atoms with Crippen molar-refractivity contribution in [3.63, 3.8) is 0 Å². The van der Waals surface area contributed by atoms with Gasteiger partial charge in [0.1, 0.15) is 0 Å². The molecule has 110 valence electrons. The van der Waals surface area contributed by atoms with Gasteiger partial charge < -0.3 is 9.80 Å². The van der Waals surface area contributed by atoms with E-state index < -0.39 is 0 Å². The number of carbonyl (C=O) groups excluding carboxylic acids is 1. The highest BCUT2D eigenvalue weighted by Crippen LogP contribution is 2.20. The first-order valence-corrected chi connectivity index (χ1v) is 8.05.